The fourth-order valence-electron chi connectivity index (χ4n) is 1.42. The van der Waals surface area contributed by atoms with E-state index >= 15 is 0 Å². The van der Waals surface area contributed by atoms with Gasteiger partial charge >= 0.3 is 0 Å². The van der Waals surface area contributed by atoms with Gasteiger partial charge in [-0.1, -0.05) is 24.6 Å². The summed E-state index contributed by atoms with van der Waals surface area (Å²) in [6.45, 7) is 2.68. The molecule has 6 heteroatoms. The maximum atomic E-state index is 11.3. The molecule has 0 spiro atoms. The first-order valence-electron chi connectivity index (χ1n) is 5.72. The molecule has 1 aromatic rings. The normalized spacial score (nSPS) is 11.5. The minimum absolute atomic E-state index is 0.160. The number of hydrogen-bond acceptors (Lipinski definition) is 4. The largest absolute Gasteiger partial charge is 0.495 e. The van der Waals surface area contributed by atoms with Crippen LogP contribution in [0.5, 0.6) is 5.75 Å². The molecule has 0 amide bonds. The van der Waals surface area contributed by atoms with Crippen LogP contribution < -0.4 is 10.1 Å². The van der Waals surface area contributed by atoms with Crippen LogP contribution in [0.2, 0.25) is 5.02 Å². The average Bonchev–Trinajstić information content (AvgIpc) is 2.35. The van der Waals surface area contributed by atoms with E-state index in [0.717, 1.165) is 5.56 Å². The molecular weight excluding hydrogens is 274 g/mol. The van der Waals surface area contributed by atoms with Crippen LogP contribution in [0, 0.1) is 0 Å². The molecule has 4 nitrogen and oxygen atoms in total. The third kappa shape index (κ3) is 4.84. The van der Waals surface area contributed by atoms with E-state index in [9.17, 15) is 8.42 Å². The zero-order valence-electron chi connectivity index (χ0n) is 10.6. The lowest BCUT2D eigenvalue weighted by Gasteiger charge is -2.07. The lowest BCUT2D eigenvalue weighted by molar-refractivity contribution is 0.415. The number of nitrogens with one attached hydrogen (secondary N) is 1. The highest BCUT2D eigenvalue weighted by Gasteiger charge is 2.06. The summed E-state index contributed by atoms with van der Waals surface area (Å²) >= 11 is 5.99. The number of halogens is 1. The molecule has 0 fully saturated rings. The van der Waals surface area contributed by atoms with Crippen molar-refractivity contribution in [3.05, 3.63) is 28.8 Å². The van der Waals surface area contributed by atoms with Gasteiger partial charge in [0.1, 0.15) is 5.75 Å². The Balaban J connectivity index is 2.43. The van der Waals surface area contributed by atoms with Crippen molar-refractivity contribution in [3.8, 4) is 5.75 Å². The highest BCUT2D eigenvalue weighted by molar-refractivity contribution is 7.91. The summed E-state index contributed by atoms with van der Waals surface area (Å²) in [4.78, 5) is 0. The number of sulfone groups is 1. The van der Waals surface area contributed by atoms with E-state index in [1.807, 2.05) is 12.1 Å². The van der Waals surface area contributed by atoms with E-state index in [2.05, 4.69) is 5.32 Å². The minimum Gasteiger partial charge on any atom is -0.495 e. The van der Waals surface area contributed by atoms with Crippen molar-refractivity contribution in [2.75, 3.05) is 25.2 Å². The van der Waals surface area contributed by atoms with Gasteiger partial charge in [0.15, 0.2) is 9.84 Å². The number of hydrogen-bond donors (Lipinski definition) is 1. The summed E-state index contributed by atoms with van der Waals surface area (Å²) in [5.74, 6) is 0.977. The van der Waals surface area contributed by atoms with Crippen LogP contribution in [0.15, 0.2) is 18.2 Å². The van der Waals surface area contributed by atoms with Crippen molar-refractivity contribution in [2.45, 2.75) is 13.5 Å². The first-order chi connectivity index (χ1) is 8.48. The lowest BCUT2D eigenvalue weighted by Crippen LogP contribution is -2.23. The summed E-state index contributed by atoms with van der Waals surface area (Å²) in [6, 6.07) is 5.50. The van der Waals surface area contributed by atoms with Crippen molar-refractivity contribution >= 4 is 21.4 Å². The standard InChI is InChI=1S/C12H18ClNO3S/c1-3-18(15,16)7-6-14-9-10-4-5-12(17-2)11(13)8-10/h4-5,8,14H,3,6-7,9H2,1-2H3. The molecule has 0 radical (unpaired) electrons. The van der Waals surface area contributed by atoms with E-state index in [1.165, 1.54) is 0 Å². The Morgan fingerprint density at radius 3 is 2.67 bits per heavy atom. The van der Waals surface area contributed by atoms with Crippen molar-refractivity contribution in [1.82, 2.24) is 5.32 Å². The Hall–Kier alpha value is -0.780. The van der Waals surface area contributed by atoms with Crippen LogP contribution in [-0.4, -0.2) is 33.6 Å². The summed E-state index contributed by atoms with van der Waals surface area (Å²) in [5, 5.41) is 3.63. The molecule has 0 aliphatic heterocycles. The number of benzene rings is 1. The molecule has 0 aliphatic carbocycles. The number of rotatable bonds is 7. The van der Waals surface area contributed by atoms with E-state index in [0.29, 0.717) is 23.9 Å². The molecule has 102 valence electrons. The van der Waals surface area contributed by atoms with Crippen LogP contribution in [0.3, 0.4) is 0 Å². The number of ether oxygens (including phenoxy) is 1. The fourth-order valence-corrected chi connectivity index (χ4v) is 2.45. The highest BCUT2D eigenvalue weighted by atomic mass is 35.5. The molecule has 1 rings (SSSR count). The van der Waals surface area contributed by atoms with Gasteiger partial charge in [0.25, 0.3) is 0 Å². The maximum Gasteiger partial charge on any atom is 0.151 e. The van der Waals surface area contributed by atoms with Gasteiger partial charge < -0.3 is 10.1 Å². The van der Waals surface area contributed by atoms with Gasteiger partial charge in [-0.2, -0.15) is 0 Å². The Morgan fingerprint density at radius 2 is 2.11 bits per heavy atom. The van der Waals surface area contributed by atoms with Crippen LogP contribution in [0.1, 0.15) is 12.5 Å². The minimum atomic E-state index is -2.90. The molecule has 0 saturated carbocycles. The predicted molar refractivity (Wildman–Crippen MR) is 74.0 cm³/mol. The first-order valence-corrected chi connectivity index (χ1v) is 7.92. The van der Waals surface area contributed by atoms with Gasteiger partial charge in [0.2, 0.25) is 0 Å². The molecular formula is C12H18ClNO3S. The monoisotopic (exact) mass is 291 g/mol. The topological polar surface area (TPSA) is 55.4 Å². The van der Waals surface area contributed by atoms with Crippen LogP contribution in [0.25, 0.3) is 0 Å². The Bertz CT molecular complexity index is 488. The van der Waals surface area contributed by atoms with Crippen molar-refractivity contribution in [3.63, 3.8) is 0 Å². The molecule has 0 aromatic heterocycles. The third-order valence-electron chi connectivity index (χ3n) is 2.57. The summed E-state index contributed by atoms with van der Waals surface area (Å²) < 4.78 is 27.6. The lowest BCUT2D eigenvalue weighted by atomic mass is 10.2. The zero-order chi connectivity index (χ0) is 13.6. The van der Waals surface area contributed by atoms with Gasteiger partial charge in [-0.25, -0.2) is 8.42 Å². The third-order valence-corrected chi connectivity index (χ3v) is 4.58. The van der Waals surface area contributed by atoms with Crippen LogP contribution in [-0.2, 0) is 16.4 Å². The van der Waals surface area contributed by atoms with Gasteiger partial charge in [-0.05, 0) is 17.7 Å². The fraction of sp³-hybridized carbons (Fsp3) is 0.500. The SMILES string of the molecule is CCS(=O)(=O)CCNCc1ccc(OC)c(Cl)c1. The predicted octanol–water partition coefficient (Wildman–Crippen LogP) is 1.87. The quantitative estimate of drug-likeness (QED) is 0.779. The maximum absolute atomic E-state index is 11.3. The second-order valence-corrected chi connectivity index (χ2v) is 6.76. The van der Waals surface area contributed by atoms with E-state index in [4.69, 9.17) is 16.3 Å². The molecule has 18 heavy (non-hydrogen) atoms. The van der Waals surface area contributed by atoms with E-state index in [-0.39, 0.29) is 11.5 Å². The molecule has 0 heterocycles. The summed E-state index contributed by atoms with van der Waals surface area (Å²) in [5.41, 5.74) is 0.995. The average molecular weight is 292 g/mol. The van der Waals surface area contributed by atoms with Crippen LogP contribution in [0.4, 0.5) is 0 Å². The van der Waals surface area contributed by atoms with Crippen molar-refractivity contribution in [2.24, 2.45) is 0 Å². The molecule has 0 saturated heterocycles. The Kier molecular flexibility index (Phi) is 5.91. The number of methoxy groups -OCH3 is 1. The Labute approximate surface area is 113 Å². The second kappa shape index (κ2) is 6.97. The summed E-state index contributed by atoms with van der Waals surface area (Å²) in [7, 11) is -1.34. The van der Waals surface area contributed by atoms with E-state index in [1.54, 1.807) is 20.1 Å². The molecule has 1 N–H and O–H groups in total. The van der Waals surface area contributed by atoms with Gasteiger partial charge in [-0.3, -0.25) is 0 Å². The van der Waals surface area contributed by atoms with Crippen LogP contribution >= 0.6 is 11.6 Å². The second-order valence-electron chi connectivity index (χ2n) is 3.88. The first kappa shape index (κ1) is 15.3. The molecule has 0 atom stereocenters. The molecule has 1 aromatic carbocycles. The van der Waals surface area contributed by atoms with Crippen molar-refractivity contribution in [1.29, 1.82) is 0 Å². The molecule has 0 bridgehead atoms. The zero-order valence-corrected chi connectivity index (χ0v) is 12.1. The molecule has 0 aliphatic rings. The van der Waals surface area contributed by atoms with E-state index < -0.39 is 9.84 Å². The van der Waals surface area contributed by atoms with Gasteiger partial charge in [0, 0.05) is 18.8 Å². The summed E-state index contributed by atoms with van der Waals surface area (Å²) in [6.07, 6.45) is 0. The smallest absolute Gasteiger partial charge is 0.151 e. The van der Waals surface area contributed by atoms with Crippen molar-refractivity contribution < 1.29 is 13.2 Å². The van der Waals surface area contributed by atoms with Gasteiger partial charge in [0.05, 0.1) is 17.9 Å². The highest BCUT2D eigenvalue weighted by Crippen LogP contribution is 2.24. The Morgan fingerprint density at radius 1 is 1.39 bits per heavy atom. The van der Waals surface area contributed by atoms with Gasteiger partial charge in [-0.15, -0.1) is 0 Å². The molecule has 0 unspecified atom stereocenters.